The Morgan fingerprint density at radius 2 is 2.14 bits per heavy atom. The molecular weight excluding hydrogens is 282 g/mol. The first-order valence-corrected chi connectivity index (χ1v) is 8.38. The molecule has 2 heterocycles. The van der Waals surface area contributed by atoms with Gasteiger partial charge in [-0.3, -0.25) is 9.69 Å². The zero-order valence-corrected chi connectivity index (χ0v) is 12.7. The highest BCUT2D eigenvalue weighted by molar-refractivity contribution is 7.99. The highest BCUT2D eigenvalue weighted by atomic mass is 32.2. The third-order valence-electron chi connectivity index (χ3n) is 4.24. The fraction of sp³-hybridized carbons (Fsp3) is 0.500. The Balaban J connectivity index is 1.55. The highest BCUT2D eigenvalue weighted by Crippen LogP contribution is 2.39. The number of hydrogen-bond donors (Lipinski definition) is 1. The van der Waals surface area contributed by atoms with E-state index in [0.29, 0.717) is 6.54 Å². The number of nitrogens with one attached hydrogen (secondary N) is 1. The van der Waals surface area contributed by atoms with Gasteiger partial charge in [-0.1, -0.05) is 18.2 Å². The average Bonchev–Trinajstić information content (AvgIpc) is 2.93. The van der Waals surface area contributed by atoms with E-state index in [1.54, 1.807) is 11.8 Å². The van der Waals surface area contributed by atoms with Crippen molar-refractivity contribution in [2.24, 2.45) is 0 Å². The molecule has 0 bridgehead atoms. The van der Waals surface area contributed by atoms with Crippen LogP contribution in [0, 0.1) is 11.3 Å². The normalized spacial score (nSPS) is 22.5. The quantitative estimate of drug-likeness (QED) is 0.867. The summed E-state index contributed by atoms with van der Waals surface area (Å²) in [7, 11) is 0. The average molecular weight is 301 g/mol. The largest absolute Gasteiger partial charge is 0.353 e. The van der Waals surface area contributed by atoms with E-state index in [4.69, 9.17) is 5.26 Å². The second-order valence-corrected chi connectivity index (χ2v) is 6.68. The molecule has 1 unspecified atom stereocenters. The van der Waals surface area contributed by atoms with Crippen LogP contribution in [0.15, 0.2) is 29.2 Å². The third-order valence-corrected chi connectivity index (χ3v) is 5.43. The van der Waals surface area contributed by atoms with Gasteiger partial charge in [-0.05, 0) is 24.5 Å². The van der Waals surface area contributed by atoms with Crippen LogP contribution >= 0.6 is 11.8 Å². The van der Waals surface area contributed by atoms with Crippen molar-refractivity contribution >= 4 is 17.7 Å². The molecule has 1 aromatic carbocycles. The van der Waals surface area contributed by atoms with Gasteiger partial charge in [0, 0.05) is 29.8 Å². The summed E-state index contributed by atoms with van der Waals surface area (Å²) in [6.45, 7) is 2.29. The van der Waals surface area contributed by atoms with Gasteiger partial charge in [-0.25, -0.2) is 0 Å². The molecule has 0 aromatic heterocycles. The summed E-state index contributed by atoms with van der Waals surface area (Å²) in [6.07, 6.45) is 1.88. The number of carbonyl (C=O) groups is 1. The fourth-order valence-corrected chi connectivity index (χ4v) is 4.25. The Bertz CT molecular complexity index is 561. The topological polar surface area (TPSA) is 56.1 Å². The van der Waals surface area contributed by atoms with Gasteiger partial charge in [0.15, 0.2) is 0 Å². The first kappa shape index (κ1) is 14.4. The van der Waals surface area contributed by atoms with Crippen LogP contribution in [0.25, 0.3) is 0 Å². The molecule has 1 fully saturated rings. The molecule has 1 aromatic rings. The van der Waals surface area contributed by atoms with Crippen LogP contribution in [-0.4, -0.2) is 42.2 Å². The number of thioether (sulfide) groups is 1. The standard InChI is InChI=1S/C16H19N3OS/c17-7-10-19-8-5-12(6-9-19)18-16(20)14-11-21-15-4-2-1-3-13(14)15/h1-4,12,14H,5-6,8-11H2,(H,18,20). The summed E-state index contributed by atoms with van der Waals surface area (Å²) in [4.78, 5) is 15.9. The van der Waals surface area contributed by atoms with Crippen molar-refractivity contribution in [3.05, 3.63) is 29.8 Å². The lowest BCUT2D eigenvalue weighted by Crippen LogP contribution is -2.46. The molecule has 1 amide bonds. The smallest absolute Gasteiger partial charge is 0.228 e. The van der Waals surface area contributed by atoms with Gasteiger partial charge in [0.2, 0.25) is 5.91 Å². The van der Waals surface area contributed by atoms with Gasteiger partial charge in [0.05, 0.1) is 18.5 Å². The van der Waals surface area contributed by atoms with Crippen molar-refractivity contribution in [1.29, 1.82) is 5.26 Å². The predicted octanol–water partition coefficient (Wildman–Crippen LogP) is 1.98. The van der Waals surface area contributed by atoms with Crippen molar-refractivity contribution < 1.29 is 4.79 Å². The Morgan fingerprint density at radius 3 is 2.90 bits per heavy atom. The molecule has 2 aliphatic rings. The number of nitrogens with zero attached hydrogens (tertiary/aromatic N) is 2. The van der Waals surface area contributed by atoms with Crippen LogP contribution in [-0.2, 0) is 4.79 Å². The van der Waals surface area contributed by atoms with E-state index in [9.17, 15) is 4.79 Å². The number of amides is 1. The summed E-state index contributed by atoms with van der Waals surface area (Å²) in [6, 6.07) is 10.6. The van der Waals surface area contributed by atoms with Crippen molar-refractivity contribution in [1.82, 2.24) is 10.2 Å². The van der Waals surface area contributed by atoms with Crippen molar-refractivity contribution in [2.45, 2.75) is 29.7 Å². The van der Waals surface area contributed by atoms with Crippen LogP contribution in [0.3, 0.4) is 0 Å². The number of fused-ring (bicyclic) bond motifs is 1. The molecule has 2 aliphatic heterocycles. The second kappa shape index (κ2) is 6.50. The summed E-state index contributed by atoms with van der Waals surface area (Å²) >= 11 is 1.77. The Kier molecular flexibility index (Phi) is 4.47. The summed E-state index contributed by atoms with van der Waals surface area (Å²) in [5.74, 6) is 0.993. The Morgan fingerprint density at radius 1 is 1.38 bits per heavy atom. The van der Waals surface area contributed by atoms with E-state index in [1.165, 1.54) is 10.5 Å². The van der Waals surface area contributed by atoms with Gasteiger partial charge in [-0.15, -0.1) is 11.8 Å². The lowest BCUT2D eigenvalue weighted by molar-refractivity contribution is -0.123. The fourth-order valence-electron chi connectivity index (χ4n) is 3.02. The van der Waals surface area contributed by atoms with Crippen LogP contribution in [0.5, 0.6) is 0 Å². The zero-order chi connectivity index (χ0) is 14.7. The summed E-state index contributed by atoms with van der Waals surface area (Å²) in [5, 5.41) is 11.9. The summed E-state index contributed by atoms with van der Waals surface area (Å²) < 4.78 is 0. The Hall–Kier alpha value is -1.51. The number of hydrogen-bond acceptors (Lipinski definition) is 4. The summed E-state index contributed by atoms with van der Waals surface area (Å²) in [5.41, 5.74) is 1.17. The molecule has 0 spiro atoms. The lowest BCUT2D eigenvalue weighted by Gasteiger charge is -2.31. The SMILES string of the molecule is N#CCN1CCC(NC(=O)C2CSc3ccccc32)CC1. The second-order valence-electron chi connectivity index (χ2n) is 5.62. The predicted molar refractivity (Wildman–Crippen MR) is 83.1 cm³/mol. The van der Waals surface area contributed by atoms with Crippen molar-refractivity contribution in [3.8, 4) is 6.07 Å². The van der Waals surface area contributed by atoms with Gasteiger partial charge in [0.25, 0.3) is 0 Å². The molecular formula is C16H19N3OS. The Labute approximate surface area is 129 Å². The number of carbonyl (C=O) groups excluding carboxylic acids is 1. The molecule has 4 nitrogen and oxygen atoms in total. The van der Waals surface area contributed by atoms with Gasteiger partial charge in [0.1, 0.15) is 0 Å². The van der Waals surface area contributed by atoms with Crippen LogP contribution < -0.4 is 5.32 Å². The maximum atomic E-state index is 12.5. The minimum absolute atomic E-state index is 0.0108. The van der Waals surface area contributed by atoms with Crippen molar-refractivity contribution in [3.63, 3.8) is 0 Å². The molecule has 21 heavy (non-hydrogen) atoms. The van der Waals surface area contributed by atoms with Gasteiger partial charge in [-0.2, -0.15) is 5.26 Å². The van der Waals surface area contributed by atoms with E-state index in [1.807, 2.05) is 12.1 Å². The van der Waals surface area contributed by atoms with Gasteiger partial charge >= 0.3 is 0 Å². The van der Waals surface area contributed by atoms with Crippen LogP contribution in [0.2, 0.25) is 0 Å². The van der Waals surface area contributed by atoms with E-state index in [-0.39, 0.29) is 17.9 Å². The van der Waals surface area contributed by atoms with E-state index in [2.05, 4.69) is 28.4 Å². The maximum absolute atomic E-state index is 12.5. The lowest BCUT2D eigenvalue weighted by atomic mass is 9.98. The molecule has 5 heteroatoms. The van der Waals surface area contributed by atoms with E-state index in [0.717, 1.165) is 31.7 Å². The molecule has 3 rings (SSSR count). The van der Waals surface area contributed by atoms with Crippen LogP contribution in [0.4, 0.5) is 0 Å². The molecule has 1 saturated heterocycles. The molecule has 1 atom stereocenters. The molecule has 110 valence electrons. The van der Waals surface area contributed by atoms with Gasteiger partial charge < -0.3 is 5.32 Å². The van der Waals surface area contributed by atoms with E-state index >= 15 is 0 Å². The number of piperidine rings is 1. The van der Waals surface area contributed by atoms with Crippen molar-refractivity contribution in [2.75, 3.05) is 25.4 Å². The minimum atomic E-state index is -0.0108. The number of benzene rings is 1. The number of rotatable bonds is 3. The molecule has 0 aliphatic carbocycles. The first-order chi connectivity index (χ1) is 10.3. The third kappa shape index (κ3) is 3.22. The molecule has 0 radical (unpaired) electrons. The number of nitriles is 1. The molecule has 0 saturated carbocycles. The highest BCUT2D eigenvalue weighted by Gasteiger charge is 2.30. The van der Waals surface area contributed by atoms with Crippen LogP contribution in [0.1, 0.15) is 24.3 Å². The monoisotopic (exact) mass is 301 g/mol. The maximum Gasteiger partial charge on any atom is 0.228 e. The minimum Gasteiger partial charge on any atom is -0.353 e. The van der Waals surface area contributed by atoms with E-state index < -0.39 is 0 Å². The molecule has 1 N–H and O–H groups in total. The first-order valence-electron chi connectivity index (χ1n) is 7.39. The zero-order valence-electron chi connectivity index (χ0n) is 11.9. The number of likely N-dealkylation sites (tertiary alicyclic amines) is 1.